The summed E-state index contributed by atoms with van der Waals surface area (Å²) in [6, 6.07) is 0. The van der Waals surface area contributed by atoms with Crippen molar-refractivity contribution in [3.63, 3.8) is 0 Å². The molecule has 1 heterocycles. The number of rotatable bonds is 8. The Labute approximate surface area is 155 Å². The zero-order chi connectivity index (χ0) is 20.1. The van der Waals surface area contributed by atoms with E-state index in [1.807, 2.05) is 27.7 Å². The van der Waals surface area contributed by atoms with Crippen LogP contribution >= 0.6 is 0 Å². The van der Waals surface area contributed by atoms with Crippen molar-refractivity contribution in [2.45, 2.75) is 90.0 Å². The molecule has 0 saturated carbocycles. The van der Waals surface area contributed by atoms with Crippen LogP contribution in [0.25, 0.3) is 0 Å². The number of aliphatic hydroxyl groups excluding tert-OH is 1. The molecule has 7 heteroatoms. The van der Waals surface area contributed by atoms with Crippen LogP contribution in [-0.4, -0.2) is 55.7 Å². The number of carbonyl (C=O) groups is 2. The number of carbonyl (C=O) groups excluding carboxylic acids is 1. The Morgan fingerprint density at radius 2 is 1.73 bits per heavy atom. The standard InChI is InChI=1S/C19H33NO6/c1-13(7-6-8-14(21)9-10-16(22)23)17(24)26-15-11-18(2,3)20(25)19(4,5)12-15/h9-10,13-15,21,25H,6-8,11-12H2,1-5H3,(H,22,23). The highest BCUT2D eigenvalue weighted by Gasteiger charge is 2.46. The third-order valence-corrected chi connectivity index (χ3v) is 4.88. The SMILES string of the molecule is CC(CCCC(O)C=CC(=O)O)C(=O)OC1CC(C)(C)N(O)C(C)(C)C1. The van der Waals surface area contributed by atoms with Gasteiger partial charge >= 0.3 is 11.9 Å². The maximum Gasteiger partial charge on any atom is 0.328 e. The lowest BCUT2D eigenvalue weighted by molar-refractivity contribution is -0.260. The summed E-state index contributed by atoms with van der Waals surface area (Å²) in [4.78, 5) is 22.8. The second-order valence-corrected chi connectivity index (χ2v) is 8.50. The second kappa shape index (κ2) is 8.97. The van der Waals surface area contributed by atoms with Crippen molar-refractivity contribution < 1.29 is 29.7 Å². The lowest BCUT2D eigenvalue weighted by atomic mass is 9.80. The molecular weight excluding hydrogens is 338 g/mol. The number of hydrogen-bond acceptors (Lipinski definition) is 6. The van der Waals surface area contributed by atoms with Gasteiger partial charge in [-0.25, -0.2) is 4.79 Å². The average molecular weight is 371 g/mol. The van der Waals surface area contributed by atoms with Gasteiger partial charge in [0.1, 0.15) is 6.10 Å². The molecule has 0 bridgehead atoms. The van der Waals surface area contributed by atoms with E-state index in [-0.39, 0.29) is 18.0 Å². The molecule has 0 aromatic heterocycles. The highest BCUT2D eigenvalue weighted by atomic mass is 16.5. The molecule has 1 aliphatic heterocycles. The normalized spacial score (nSPS) is 22.9. The first kappa shape index (κ1) is 22.6. The van der Waals surface area contributed by atoms with Gasteiger partial charge in [-0.3, -0.25) is 4.79 Å². The van der Waals surface area contributed by atoms with E-state index in [4.69, 9.17) is 9.84 Å². The fourth-order valence-electron chi connectivity index (χ4n) is 3.58. The van der Waals surface area contributed by atoms with Crippen LogP contribution in [0.3, 0.4) is 0 Å². The molecule has 0 aliphatic carbocycles. The number of carboxylic acid groups (broad SMARTS) is 1. The Balaban J connectivity index is 2.46. The fraction of sp³-hybridized carbons (Fsp3) is 0.789. The second-order valence-electron chi connectivity index (χ2n) is 8.50. The number of carboxylic acids is 1. The highest BCUT2D eigenvalue weighted by molar-refractivity contribution is 5.79. The van der Waals surface area contributed by atoms with E-state index in [0.717, 1.165) is 6.08 Å². The molecular formula is C19H33NO6. The lowest BCUT2D eigenvalue weighted by Crippen LogP contribution is -2.60. The first-order valence-corrected chi connectivity index (χ1v) is 9.14. The Morgan fingerprint density at radius 3 is 2.23 bits per heavy atom. The summed E-state index contributed by atoms with van der Waals surface area (Å²) in [5.74, 6) is -1.67. The number of nitrogens with zero attached hydrogens (tertiary/aromatic N) is 1. The van der Waals surface area contributed by atoms with Gasteiger partial charge in [-0.2, -0.15) is 5.06 Å². The van der Waals surface area contributed by atoms with Crippen molar-refractivity contribution in [3.05, 3.63) is 12.2 Å². The highest BCUT2D eigenvalue weighted by Crippen LogP contribution is 2.38. The maximum absolute atomic E-state index is 12.4. The maximum atomic E-state index is 12.4. The molecule has 1 aliphatic rings. The van der Waals surface area contributed by atoms with Gasteiger partial charge < -0.3 is 20.2 Å². The number of aliphatic carboxylic acids is 1. The average Bonchev–Trinajstić information content (AvgIpc) is 2.49. The van der Waals surface area contributed by atoms with Gasteiger partial charge in [0.2, 0.25) is 0 Å². The number of hydroxylamine groups is 2. The van der Waals surface area contributed by atoms with Crippen LogP contribution in [-0.2, 0) is 14.3 Å². The molecule has 150 valence electrons. The summed E-state index contributed by atoms with van der Waals surface area (Å²) in [6.45, 7) is 9.47. The molecule has 1 saturated heterocycles. The topological polar surface area (TPSA) is 107 Å². The van der Waals surface area contributed by atoms with E-state index >= 15 is 0 Å². The van der Waals surface area contributed by atoms with E-state index in [1.165, 1.54) is 11.1 Å². The van der Waals surface area contributed by atoms with Gasteiger partial charge in [0, 0.05) is 30.0 Å². The first-order chi connectivity index (χ1) is 11.8. The number of piperidine rings is 1. The quantitative estimate of drug-likeness (QED) is 0.445. The molecule has 1 rings (SSSR count). The van der Waals surface area contributed by atoms with Gasteiger partial charge in [-0.1, -0.05) is 6.92 Å². The minimum atomic E-state index is -1.10. The van der Waals surface area contributed by atoms with Gasteiger partial charge in [-0.15, -0.1) is 0 Å². The number of esters is 1. The summed E-state index contributed by atoms with van der Waals surface area (Å²) in [5.41, 5.74) is -0.951. The zero-order valence-corrected chi connectivity index (χ0v) is 16.4. The van der Waals surface area contributed by atoms with E-state index < -0.39 is 23.2 Å². The summed E-state index contributed by atoms with van der Waals surface area (Å²) in [7, 11) is 0. The monoisotopic (exact) mass is 371 g/mol. The molecule has 0 aromatic carbocycles. The molecule has 2 unspecified atom stereocenters. The minimum Gasteiger partial charge on any atom is -0.478 e. The van der Waals surface area contributed by atoms with Crippen LogP contribution in [0.1, 0.15) is 66.7 Å². The van der Waals surface area contributed by atoms with Crippen LogP contribution in [0.15, 0.2) is 12.2 Å². The van der Waals surface area contributed by atoms with E-state index in [2.05, 4.69) is 0 Å². The molecule has 0 radical (unpaired) electrons. The largest absolute Gasteiger partial charge is 0.478 e. The molecule has 7 nitrogen and oxygen atoms in total. The van der Waals surface area contributed by atoms with Crippen molar-refractivity contribution in [2.75, 3.05) is 0 Å². The number of ether oxygens (including phenoxy) is 1. The fourth-order valence-corrected chi connectivity index (χ4v) is 3.58. The Morgan fingerprint density at radius 1 is 1.19 bits per heavy atom. The molecule has 3 N–H and O–H groups in total. The van der Waals surface area contributed by atoms with E-state index in [9.17, 15) is 19.9 Å². The third-order valence-electron chi connectivity index (χ3n) is 4.88. The van der Waals surface area contributed by atoms with Gasteiger partial charge in [0.05, 0.1) is 12.0 Å². The molecule has 0 amide bonds. The lowest BCUT2D eigenvalue weighted by Gasteiger charge is -2.51. The van der Waals surface area contributed by atoms with Crippen LogP contribution < -0.4 is 0 Å². The van der Waals surface area contributed by atoms with Crippen molar-refractivity contribution in [2.24, 2.45) is 5.92 Å². The summed E-state index contributed by atoms with van der Waals surface area (Å²) in [5, 5.41) is 29.8. The van der Waals surface area contributed by atoms with E-state index in [1.54, 1.807) is 6.92 Å². The smallest absolute Gasteiger partial charge is 0.328 e. The van der Waals surface area contributed by atoms with E-state index in [0.29, 0.717) is 32.1 Å². The van der Waals surface area contributed by atoms with Gasteiger partial charge in [0.25, 0.3) is 0 Å². The summed E-state index contributed by atoms with van der Waals surface area (Å²) < 4.78 is 5.68. The molecule has 26 heavy (non-hydrogen) atoms. The Bertz CT molecular complexity index is 510. The molecule has 0 spiro atoms. The Kier molecular flexibility index (Phi) is 7.80. The number of aliphatic hydroxyl groups is 1. The van der Waals surface area contributed by atoms with Crippen LogP contribution in [0, 0.1) is 5.92 Å². The van der Waals surface area contributed by atoms with Crippen LogP contribution in [0.4, 0.5) is 0 Å². The predicted molar refractivity (Wildman–Crippen MR) is 96.7 cm³/mol. The van der Waals surface area contributed by atoms with Crippen molar-refractivity contribution in [1.82, 2.24) is 5.06 Å². The zero-order valence-electron chi connectivity index (χ0n) is 16.4. The predicted octanol–water partition coefficient (Wildman–Crippen LogP) is 2.75. The van der Waals surface area contributed by atoms with Crippen molar-refractivity contribution in [1.29, 1.82) is 0 Å². The van der Waals surface area contributed by atoms with Gasteiger partial charge in [0.15, 0.2) is 0 Å². The Hall–Kier alpha value is -1.44. The van der Waals surface area contributed by atoms with Crippen molar-refractivity contribution in [3.8, 4) is 0 Å². The minimum absolute atomic E-state index is 0.248. The first-order valence-electron chi connectivity index (χ1n) is 9.14. The summed E-state index contributed by atoms with van der Waals surface area (Å²) in [6.07, 6.45) is 3.73. The van der Waals surface area contributed by atoms with Crippen LogP contribution in [0.5, 0.6) is 0 Å². The van der Waals surface area contributed by atoms with Gasteiger partial charge in [-0.05, 0) is 53.0 Å². The molecule has 0 aromatic rings. The molecule has 2 atom stereocenters. The summed E-state index contributed by atoms with van der Waals surface area (Å²) >= 11 is 0. The molecule has 1 fully saturated rings. The van der Waals surface area contributed by atoms with Crippen molar-refractivity contribution >= 4 is 11.9 Å². The third kappa shape index (κ3) is 6.70. The van der Waals surface area contributed by atoms with Crippen LogP contribution in [0.2, 0.25) is 0 Å². The number of hydrogen-bond donors (Lipinski definition) is 3.